The molecule has 2 fully saturated rings. The topological polar surface area (TPSA) is 38.0 Å². The van der Waals surface area contributed by atoms with Gasteiger partial charge in [0.15, 0.2) is 0 Å². The van der Waals surface area contributed by atoms with Gasteiger partial charge >= 0.3 is 0 Å². The highest BCUT2D eigenvalue weighted by Crippen LogP contribution is 2.22. The summed E-state index contributed by atoms with van der Waals surface area (Å²) in [6, 6.07) is 1.82. The molecule has 2 aliphatic carbocycles. The number of hydrogen-bond donors (Lipinski definition) is 2. The highest BCUT2D eigenvalue weighted by atomic mass is 15.0. The van der Waals surface area contributed by atoms with Crippen LogP contribution >= 0.6 is 0 Å². The van der Waals surface area contributed by atoms with E-state index in [9.17, 15) is 0 Å². The molecule has 0 aromatic carbocycles. The van der Waals surface area contributed by atoms with Crippen molar-refractivity contribution in [1.29, 1.82) is 0 Å². The van der Waals surface area contributed by atoms with Gasteiger partial charge in [0.1, 0.15) is 0 Å². The van der Waals surface area contributed by atoms with Gasteiger partial charge in [-0.25, -0.2) is 0 Å². The van der Waals surface area contributed by atoms with Crippen LogP contribution in [0.1, 0.15) is 57.8 Å². The van der Waals surface area contributed by atoms with Crippen molar-refractivity contribution in [2.45, 2.75) is 75.9 Å². The van der Waals surface area contributed by atoms with Crippen molar-refractivity contribution >= 4 is 0 Å². The molecule has 0 saturated heterocycles. The first-order chi connectivity index (χ1) is 6.86. The number of nitrogens with two attached hydrogens (primary N) is 1. The van der Waals surface area contributed by atoms with Crippen LogP contribution < -0.4 is 11.1 Å². The van der Waals surface area contributed by atoms with Gasteiger partial charge in [-0.1, -0.05) is 32.1 Å². The second-order valence-corrected chi connectivity index (χ2v) is 5.06. The molecule has 0 bridgehead atoms. The molecule has 0 amide bonds. The standard InChI is InChI=1S/C12H24N2/c13-11-8-4-5-9-12(11)14-10-6-2-1-3-7-10/h10-12,14H,1-9,13H2/t11-,12-/m1/s1. The van der Waals surface area contributed by atoms with Gasteiger partial charge in [0.25, 0.3) is 0 Å². The molecule has 3 N–H and O–H groups in total. The van der Waals surface area contributed by atoms with Crippen LogP contribution in [-0.2, 0) is 0 Å². The summed E-state index contributed by atoms with van der Waals surface area (Å²) in [4.78, 5) is 0. The number of hydrogen-bond acceptors (Lipinski definition) is 2. The third-order valence-corrected chi connectivity index (χ3v) is 3.87. The van der Waals surface area contributed by atoms with Crippen LogP contribution in [0.2, 0.25) is 0 Å². The lowest BCUT2D eigenvalue weighted by Gasteiger charge is -2.34. The van der Waals surface area contributed by atoms with E-state index in [0.717, 1.165) is 6.04 Å². The van der Waals surface area contributed by atoms with E-state index in [-0.39, 0.29) is 0 Å². The van der Waals surface area contributed by atoms with Crippen LogP contribution in [0.25, 0.3) is 0 Å². The molecular formula is C12H24N2. The molecule has 0 aromatic heterocycles. The fourth-order valence-corrected chi connectivity index (χ4v) is 2.94. The SMILES string of the molecule is N[C@@H]1CCCC[C@H]1NC1CCCCC1. The zero-order chi connectivity index (χ0) is 9.80. The van der Waals surface area contributed by atoms with Crippen molar-refractivity contribution in [1.82, 2.24) is 5.32 Å². The normalized spacial score (nSPS) is 35.8. The van der Waals surface area contributed by atoms with Gasteiger partial charge in [-0.3, -0.25) is 0 Å². The predicted molar refractivity (Wildman–Crippen MR) is 60.2 cm³/mol. The Hall–Kier alpha value is -0.0800. The largest absolute Gasteiger partial charge is 0.326 e. The highest BCUT2D eigenvalue weighted by molar-refractivity contribution is 4.87. The number of rotatable bonds is 2. The summed E-state index contributed by atoms with van der Waals surface area (Å²) in [5.41, 5.74) is 6.13. The minimum atomic E-state index is 0.422. The van der Waals surface area contributed by atoms with Crippen LogP contribution in [0.15, 0.2) is 0 Å². The smallest absolute Gasteiger partial charge is 0.0221 e. The van der Waals surface area contributed by atoms with E-state index in [4.69, 9.17) is 5.73 Å². The Labute approximate surface area is 87.6 Å². The molecule has 2 saturated carbocycles. The average molecular weight is 196 g/mol. The lowest BCUT2D eigenvalue weighted by molar-refractivity contribution is 0.266. The van der Waals surface area contributed by atoms with Crippen LogP contribution in [0.5, 0.6) is 0 Å². The first-order valence-corrected chi connectivity index (χ1v) is 6.38. The summed E-state index contributed by atoms with van der Waals surface area (Å²) in [6.45, 7) is 0. The first-order valence-electron chi connectivity index (χ1n) is 6.38. The van der Waals surface area contributed by atoms with Crippen LogP contribution in [0.4, 0.5) is 0 Å². The van der Waals surface area contributed by atoms with Gasteiger partial charge in [0.2, 0.25) is 0 Å². The zero-order valence-electron chi connectivity index (χ0n) is 9.17. The molecule has 0 spiro atoms. The van der Waals surface area contributed by atoms with Crippen molar-refractivity contribution in [3.63, 3.8) is 0 Å². The Morgan fingerprint density at radius 1 is 0.786 bits per heavy atom. The molecule has 0 aromatic rings. The van der Waals surface area contributed by atoms with E-state index in [1.807, 2.05) is 0 Å². The Bertz CT molecular complexity index is 164. The molecule has 0 radical (unpaired) electrons. The summed E-state index contributed by atoms with van der Waals surface area (Å²) >= 11 is 0. The number of nitrogens with one attached hydrogen (secondary N) is 1. The highest BCUT2D eigenvalue weighted by Gasteiger charge is 2.24. The van der Waals surface area contributed by atoms with E-state index < -0.39 is 0 Å². The summed E-state index contributed by atoms with van der Waals surface area (Å²) in [6.07, 6.45) is 12.3. The van der Waals surface area contributed by atoms with Crippen molar-refractivity contribution < 1.29 is 0 Å². The monoisotopic (exact) mass is 196 g/mol. The summed E-state index contributed by atoms with van der Waals surface area (Å²) in [5, 5.41) is 3.78. The molecule has 0 aliphatic heterocycles. The van der Waals surface area contributed by atoms with E-state index >= 15 is 0 Å². The Morgan fingerprint density at radius 3 is 2.14 bits per heavy atom. The Morgan fingerprint density at radius 2 is 1.43 bits per heavy atom. The third kappa shape index (κ3) is 2.71. The van der Waals surface area contributed by atoms with Crippen LogP contribution in [0.3, 0.4) is 0 Å². The van der Waals surface area contributed by atoms with E-state index in [1.165, 1.54) is 57.8 Å². The van der Waals surface area contributed by atoms with Gasteiger partial charge in [-0.15, -0.1) is 0 Å². The molecule has 2 atom stereocenters. The molecule has 0 unspecified atom stereocenters. The van der Waals surface area contributed by atoms with Crippen LogP contribution in [-0.4, -0.2) is 18.1 Å². The second-order valence-electron chi connectivity index (χ2n) is 5.06. The van der Waals surface area contributed by atoms with Crippen molar-refractivity contribution in [2.75, 3.05) is 0 Å². The van der Waals surface area contributed by atoms with Crippen molar-refractivity contribution in [2.24, 2.45) is 5.73 Å². The Kier molecular flexibility index (Phi) is 3.82. The van der Waals surface area contributed by atoms with E-state index in [0.29, 0.717) is 12.1 Å². The van der Waals surface area contributed by atoms with Gasteiger partial charge in [0.05, 0.1) is 0 Å². The first kappa shape index (κ1) is 10.4. The molecule has 2 heteroatoms. The minimum absolute atomic E-state index is 0.422. The maximum atomic E-state index is 6.13. The third-order valence-electron chi connectivity index (χ3n) is 3.87. The zero-order valence-corrected chi connectivity index (χ0v) is 9.17. The minimum Gasteiger partial charge on any atom is -0.326 e. The molecular weight excluding hydrogens is 172 g/mol. The molecule has 2 rings (SSSR count). The predicted octanol–water partition coefficient (Wildman–Crippen LogP) is 2.18. The quantitative estimate of drug-likeness (QED) is 0.710. The fraction of sp³-hybridized carbons (Fsp3) is 1.00. The van der Waals surface area contributed by atoms with Crippen LogP contribution in [0, 0.1) is 0 Å². The van der Waals surface area contributed by atoms with Crippen molar-refractivity contribution in [3.8, 4) is 0 Å². The average Bonchev–Trinajstić information content (AvgIpc) is 2.23. The summed E-state index contributed by atoms with van der Waals surface area (Å²) in [5.74, 6) is 0. The maximum absolute atomic E-state index is 6.13. The Balaban J connectivity index is 1.76. The summed E-state index contributed by atoms with van der Waals surface area (Å²) < 4.78 is 0. The molecule has 2 aliphatic rings. The van der Waals surface area contributed by atoms with Gasteiger partial charge in [-0.05, 0) is 25.7 Å². The van der Waals surface area contributed by atoms with Gasteiger partial charge in [-0.2, -0.15) is 0 Å². The van der Waals surface area contributed by atoms with E-state index in [1.54, 1.807) is 0 Å². The lowest BCUT2D eigenvalue weighted by atomic mass is 9.88. The molecule has 0 heterocycles. The maximum Gasteiger partial charge on any atom is 0.0221 e. The molecule has 82 valence electrons. The van der Waals surface area contributed by atoms with Gasteiger partial charge in [0, 0.05) is 18.1 Å². The molecule has 14 heavy (non-hydrogen) atoms. The fourth-order valence-electron chi connectivity index (χ4n) is 2.94. The van der Waals surface area contributed by atoms with Crippen molar-refractivity contribution in [3.05, 3.63) is 0 Å². The van der Waals surface area contributed by atoms with E-state index in [2.05, 4.69) is 5.32 Å². The summed E-state index contributed by atoms with van der Waals surface area (Å²) in [7, 11) is 0. The molecule has 2 nitrogen and oxygen atoms in total. The van der Waals surface area contributed by atoms with Gasteiger partial charge < -0.3 is 11.1 Å². The second kappa shape index (κ2) is 5.13. The lowest BCUT2D eigenvalue weighted by Crippen LogP contribution is -2.51.